The third kappa shape index (κ3) is 4.98. The molecule has 2 rings (SSSR count). The summed E-state index contributed by atoms with van der Waals surface area (Å²) in [7, 11) is 0. The van der Waals surface area contributed by atoms with Crippen molar-refractivity contribution in [2.45, 2.75) is 19.8 Å². The molecular formula is C15H25N3O2. The molecule has 1 N–H and O–H groups in total. The van der Waals surface area contributed by atoms with E-state index in [-0.39, 0.29) is 0 Å². The van der Waals surface area contributed by atoms with Gasteiger partial charge >= 0.3 is 0 Å². The first-order valence-corrected chi connectivity index (χ1v) is 7.51. The summed E-state index contributed by atoms with van der Waals surface area (Å²) in [5, 5.41) is 3.41. The molecule has 112 valence electrons. The van der Waals surface area contributed by atoms with Crippen LogP contribution < -0.4 is 15.0 Å². The molecule has 2 heterocycles. The normalized spacial score (nSPS) is 15.9. The second kappa shape index (κ2) is 8.76. The summed E-state index contributed by atoms with van der Waals surface area (Å²) in [6, 6.07) is 2.08. The third-order valence-corrected chi connectivity index (χ3v) is 3.31. The van der Waals surface area contributed by atoms with E-state index >= 15 is 0 Å². The molecule has 5 heteroatoms. The van der Waals surface area contributed by atoms with Crippen molar-refractivity contribution in [1.82, 2.24) is 10.3 Å². The topological polar surface area (TPSA) is 46.6 Å². The van der Waals surface area contributed by atoms with Crippen LogP contribution in [0.4, 0.5) is 5.69 Å². The first kappa shape index (κ1) is 15.1. The molecule has 1 fully saturated rings. The van der Waals surface area contributed by atoms with Crippen LogP contribution in [-0.2, 0) is 4.74 Å². The summed E-state index contributed by atoms with van der Waals surface area (Å²) >= 11 is 0. The Morgan fingerprint density at radius 1 is 1.25 bits per heavy atom. The predicted octanol–water partition coefficient (Wildman–Crippen LogP) is 1.69. The Kier molecular flexibility index (Phi) is 6.60. The van der Waals surface area contributed by atoms with Crippen molar-refractivity contribution in [3.63, 3.8) is 0 Å². The van der Waals surface area contributed by atoms with E-state index in [0.717, 1.165) is 57.3 Å². The monoisotopic (exact) mass is 279 g/mol. The van der Waals surface area contributed by atoms with Gasteiger partial charge in [0.2, 0.25) is 0 Å². The molecule has 0 aliphatic carbocycles. The van der Waals surface area contributed by atoms with Crippen molar-refractivity contribution < 1.29 is 9.47 Å². The quantitative estimate of drug-likeness (QED) is 0.770. The lowest BCUT2D eigenvalue weighted by atomic mass is 10.3. The molecular weight excluding hydrogens is 254 g/mol. The minimum Gasteiger partial charge on any atom is -0.492 e. The standard InChI is InChI=1S/C15H25N3O2/c1-2-19-9-4-10-20-15-11-14(12-17-13-15)18-7-3-5-16-6-8-18/h11-13,16H,2-10H2,1H3. The van der Waals surface area contributed by atoms with E-state index in [9.17, 15) is 0 Å². The summed E-state index contributed by atoms with van der Waals surface area (Å²) in [6.45, 7) is 8.41. The fourth-order valence-electron chi connectivity index (χ4n) is 2.26. The van der Waals surface area contributed by atoms with Gasteiger partial charge in [0.05, 0.1) is 24.7 Å². The van der Waals surface area contributed by atoms with E-state index in [1.165, 1.54) is 6.42 Å². The zero-order valence-corrected chi connectivity index (χ0v) is 12.3. The van der Waals surface area contributed by atoms with Gasteiger partial charge in [-0.2, -0.15) is 0 Å². The summed E-state index contributed by atoms with van der Waals surface area (Å²) < 4.78 is 11.0. The molecule has 1 aromatic heterocycles. The van der Waals surface area contributed by atoms with E-state index in [1.807, 2.05) is 13.1 Å². The van der Waals surface area contributed by atoms with Crippen LogP contribution in [0.15, 0.2) is 18.5 Å². The van der Waals surface area contributed by atoms with Gasteiger partial charge in [-0.05, 0) is 19.9 Å². The lowest BCUT2D eigenvalue weighted by Gasteiger charge is -2.22. The molecule has 1 aliphatic rings. The van der Waals surface area contributed by atoms with Gasteiger partial charge in [-0.3, -0.25) is 4.98 Å². The Balaban J connectivity index is 1.83. The van der Waals surface area contributed by atoms with E-state index in [4.69, 9.17) is 9.47 Å². The van der Waals surface area contributed by atoms with Crippen LogP contribution in [0, 0.1) is 0 Å². The number of anilines is 1. The highest BCUT2D eigenvalue weighted by molar-refractivity contribution is 5.48. The highest BCUT2D eigenvalue weighted by Crippen LogP contribution is 2.20. The number of ether oxygens (including phenoxy) is 2. The molecule has 1 aromatic rings. The summed E-state index contributed by atoms with van der Waals surface area (Å²) in [4.78, 5) is 6.65. The van der Waals surface area contributed by atoms with Crippen molar-refractivity contribution in [3.05, 3.63) is 18.5 Å². The number of nitrogens with one attached hydrogen (secondary N) is 1. The molecule has 0 bridgehead atoms. The Hall–Kier alpha value is -1.33. The van der Waals surface area contributed by atoms with Gasteiger partial charge in [0.15, 0.2) is 0 Å². The minimum absolute atomic E-state index is 0.673. The van der Waals surface area contributed by atoms with Crippen molar-refractivity contribution in [2.75, 3.05) is 50.9 Å². The van der Waals surface area contributed by atoms with E-state index in [0.29, 0.717) is 6.61 Å². The van der Waals surface area contributed by atoms with E-state index < -0.39 is 0 Å². The highest BCUT2D eigenvalue weighted by atomic mass is 16.5. The van der Waals surface area contributed by atoms with Crippen LogP contribution in [0.1, 0.15) is 19.8 Å². The van der Waals surface area contributed by atoms with Gasteiger partial charge in [-0.15, -0.1) is 0 Å². The Bertz CT molecular complexity index is 379. The molecule has 0 radical (unpaired) electrons. The van der Waals surface area contributed by atoms with Crippen molar-refractivity contribution in [3.8, 4) is 5.75 Å². The molecule has 20 heavy (non-hydrogen) atoms. The summed E-state index contributed by atoms with van der Waals surface area (Å²) in [5.41, 5.74) is 1.15. The molecule has 0 aromatic carbocycles. The summed E-state index contributed by atoms with van der Waals surface area (Å²) in [6.07, 6.45) is 5.77. The largest absolute Gasteiger partial charge is 0.492 e. The zero-order chi connectivity index (χ0) is 14.0. The second-order valence-corrected chi connectivity index (χ2v) is 4.87. The average molecular weight is 279 g/mol. The SMILES string of the molecule is CCOCCCOc1cncc(N2CCCNCC2)c1. The number of hydrogen-bond donors (Lipinski definition) is 1. The molecule has 0 amide bonds. The average Bonchev–Trinajstić information content (AvgIpc) is 2.76. The molecule has 1 aliphatic heterocycles. The predicted molar refractivity (Wildman–Crippen MR) is 80.5 cm³/mol. The van der Waals surface area contributed by atoms with Crippen LogP contribution in [0.3, 0.4) is 0 Å². The summed E-state index contributed by atoms with van der Waals surface area (Å²) in [5.74, 6) is 0.844. The maximum atomic E-state index is 5.73. The van der Waals surface area contributed by atoms with Gasteiger partial charge in [-0.25, -0.2) is 0 Å². The van der Waals surface area contributed by atoms with Crippen molar-refractivity contribution in [1.29, 1.82) is 0 Å². The van der Waals surface area contributed by atoms with Gasteiger partial charge in [0, 0.05) is 45.3 Å². The lowest BCUT2D eigenvalue weighted by molar-refractivity contribution is 0.131. The first-order chi connectivity index (χ1) is 9.90. The molecule has 5 nitrogen and oxygen atoms in total. The van der Waals surface area contributed by atoms with Crippen LogP contribution in [0.2, 0.25) is 0 Å². The van der Waals surface area contributed by atoms with E-state index in [2.05, 4.69) is 21.3 Å². The first-order valence-electron chi connectivity index (χ1n) is 7.51. The zero-order valence-electron chi connectivity index (χ0n) is 12.3. The number of rotatable bonds is 7. The Morgan fingerprint density at radius 3 is 3.10 bits per heavy atom. The molecule has 0 unspecified atom stereocenters. The molecule has 0 saturated carbocycles. The Labute approximate surface area is 121 Å². The number of pyridine rings is 1. The van der Waals surface area contributed by atoms with Gasteiger partial charge < -0.3 is 19.7 Å². The maximum absolute atomic E-state index is 5.73. The second-order valence-electron chi connectivity index (χ2n) is 4.87. The molecule has 0 atom stereocenters. The van der Waals surface area contributed by atoms with Crippen LogP contribution >= 0.6 is 0 Å². The van der Waals surface area contributed by atoms with Crippen LogP contribution in [0.25, 0.3) is 0 Å². The fraction of sp³-hybridized carbons (Fsp3) is 0.667. The smallest absolute Gasteiger partial charge is 0.139 e. The minimum atomic E-state index is 0.673. The number of aromatic nitrogens is 1. The molecule has 0 spiro atoms. The Morgan fingerprint density at radius 2 is 2.20 bits per heavy atom. The van der Waals surface area contributed by atoms with Crippen LogP contribution in [0.5, 0.6) is 5.75 Å². The van der Waals surface area contributed by atoms with Crippen molar-refractivity contribution in [2.24, 2.45) is 0 Å². The van der Waals surface area contributed by atoms with Crippen molar-refractivity contribution >= 4 is 5.69 Å². The number of nitrogens with zero attached hydrogens (tertiary/aromatic N) is 2. The number of hydrogen-bond acceptors (Lipinski definition) is 5. The van der Waals surface area contributed by atoms with Gasteiger partial charge in [-0.1, -0.05) is 0 Å². The van der Waals surface area contributed by atoms with Gasteiger partial charge in [0.1, 0.15) is 5.75 Å². The van der Waals surface area contributed by atoms with E-state index in [1.54, 1.807) is 6.20 Å². The molecule has 1 saturated heterocycles. The maximum Gasteiger partial charge on any atom is 0.139 e. The fourth-order valence-corrected chi connectivity index (χ4v) is 2.26. The van der Waals surface area contributed by atoms with Gasteiger partial charge in [0.25, 0.3) is 0 Å². The third-order valence-electron chi connectivity index (χ3n) is 3.31. The lowest BCUT2D eigenvalue weighted by Crippen LogP contribution is -2.27. The highest BCUT2D eigenvalue weighted by Gasteiger charge is 2.10. The van der Waals surface area contributed by atoms with Crippen LogP contribution in [-0.4, -0.2) is 51.0 Å².